The fourth-order valence-corrected chi connectivity index (χ4v) is 3.52. The second-order valence-corrected chi connectivity index (χ2v) is 5.84. The molecule has 1 N–H and O–H groups in total. The normalized spacial score (nSPS) is 28.3. The van der Waals surface area contributed by atoms with Crippen LogP contribution in [0.25, 0.3) is 0 Å². The Balaban J connectivity index is 2.39. The van der Waals surface area contributed by atoms with E-state index in [1.54, 1.807) is 13.0 Å². The Morgan fingerprint density at radius 3 is 2.71 bits per heavy atom. The minimum Gasteiger partial charge on any atom is -0.465 e. The average Bonchev–Trinajstić information content (AvgIpc) is 2.78. The molecule has 1 aromatic rings. The van der Waals surface area contributed by atoms with Crippen molar-refractivity contribution in [1.82, 2.24) is 0 Å². The Bertz CT molecular complexity index is 496. The van der Waals surface area contributed by atoms with E-state index in [1.807, 2.05) is 30.3 Å². The zero-order valence-corrected chi connectivity index (χ0v) is 12.7. The number of carbonyl (C=O) groups excluding carboxylic acids is 1. The van der Waals surface area contributed by atoms with Crippen LogP contribution in [-0.4, -0.2) is 23.3 Å². The molecule has 0 aromatic heterocycles. The summed E-state index contributed by atoms with van der Waals surface area (Å²) in [6.07, 6.45) is 4.73. The van der Waals surface area contributed by atoms with Gasteiger partial charge in [-0.3, -0.25) is 4.79 Å². The number of aliphatic hydroxyl groups is 1. The molecule has 0 bridgehead atoms. The van der Waals surface area contributed by atoms with Crippen LogP contribution >= 0.6 is 0 Å². The maximum atomic E-state index is 12.6. The maximum Gasteiger partial charge on any atom is 0.315 e. The summed E-state index contributed by atoms with van der Waals surface area (Å²) in [6.45, 7) is 5.87. The highest BCUT2D eigenvalue weighted by molar-refractivity contribution is 5.79. The Morgan fingerprint density at radius 2 is 2.10 bits per heavy atom. The van der Waals surface area contributed by atoms with Crippen molar-refractivity contribution in [3.8, 4) is 0 Å². The minimum atomic E-state index is -1.06. The lowest BCUT2D eigenvalue weighted by atomic mass is 9.68. The van der Waals surface area contributed by atoms with Gasteiger partial charge < -0.3 is 9.84 Å². The summed E-state index contributed by atoms with van der Waals surface area (Å²) in [5.74, 6) is -0.282. The Morgan fingerprint density at radius 1 is 1.38 bits per heavy atom. The summed E-state index contributed by atoms with van der Waals surface area (Å²) < 4.78 is 5.31. The van der Waals surface area contributed by atoms with Crippen LogP contribution in [0.4, 0.5) is 0 Å². The predicted octanol–water partition coefficient (Wildman–Crippen LogP) is 3.27. The molecule has 1 aliphatic rings. The molecule has 2 rings (SSSR count). The average molecular weight is 288 g/mol. The molecule has 3 heteroatoms. The number of hydrogen-bond acceptors (Lipinski definition) is 3. The largest absolute Gasteiger partial charge is 0.465 e. The van der Waals surface area contributed by atoms with Gasteiger partial charge in [-0.05, 0) is 44.6 Å². The quantitative estimate of drug-likeness (QED) is 0.645. The second-order valence-electron chi connectivity index (χ2n) is 5.84. The van der Waals surface area contributed by atoms with Crippen LogP contribution in [0.5, 0.6) is 0 Å². The van der Waals surface area contributed by atoms with Crippen molar-refractivity contribution in [1.29, 1.82) is 0 Å². The van der Waals surface area contributed by atoms with E-state index >= 15 is 0 Å². The molecule has 2 atom stereocenters. The van der Waals surface area contributed by atoms with E-state index in [-0.39, 0.29) is 5.97 Å². The second kappa shape index (κ2) is 6.44. The number of ether oxygens (including phenoxy) is 1. The number of hydrogen-bond donors (Lipinski definition) is 1. The lowest BCUT2D eigenvalue weighted by Gasteiger charge is -2.40. The summed E-state index contributed by atoms with van der Waals surface area (Å²) in [6, 6.07) is 9.85. The van der Waals surface area contributed by atoms with Crippen LogP contribution in [-0.2, 0) is 16.0 Å². The zero-order chi connectivity index (χ0) is 15.3. The number of benzene rings is 1. The fourth-order valence-electron chi connectivity index (χ4n) is 3.52. The zero-order valence-electron chi connectivity index (χ0n) is 12.7. The van der Waals surface area contributed by atoms with E-state index in [2.05, 4.69) is 6.58 Å². The molecular formula is C18H24O3. The third-order valence-corrected chi connectivity index (χ3v) is 4.58. The van der Waals surface area contributed by atoms with Gasteiger partial charge in [-0.2, -0.15) is 0 Å². The molecular weight excluding hydrogens is 264 g/mol. The van der Waals surface area contributed by atoms with Gasteiger partial charge in [-0.25, -0.2) is 0 Å². The monoisotopic (exact) mass is 288 g/mol. The first kappa shape index (κ1) is 15.8. The summed E-state index contributed by atoms with van der Waals surface area (Å²) in [4.78, 5) is 12.6. The van der Waals surface area contributed by atoms with Crippen LogP contribution in [0.1, 0.15) is 38.2 Å². The van der Waals surface area contributed by atoms with E-state index in [0.29, 0.717) is 32.3 Å². The molecule has 0 spiro atoms. The molecule has 1 saturated carbocycles. The highest BCUT2D eigenvalue weighted by atomic mass is 16.5. The first-order valence-electron chi connectivity index (χ1n) is 7.62. The first-order chi connectivity index (χ1) is 10.1. The third-order valence-electron chi connectivity index (χ3n) is 4.58. The Labute approximate surface area is 126 Å². The van der Waals surface area contributed by atoms with Crippen molar-refractivity contribution >= 4 is 5.97 Å². The molecule has 21 heavy (non-hydrogen) atoms. The topological polar surface area (TPSA) is 46.5 Å². The van der Waals surface area contributed by atoms with Crippen molar-refractivity contribution in [2.24, 2.45) is 5.41 Å². The van der Waals surface area contributed by atoms with E-state index in [0.717, 1.165) is 12.0 Å². The fraction of sp³-hybridized carbons (Fsp3) is 0.500. The molecule has 0 radical (unpaired) electrons. The van der Waals surface area contributed by atoms with Crippen LogP contribution in [0.3, 0.4) is 0 Å². The van der Waals surface area contributed by atoms with Gasteiger partial charge in [0, 0.05) is 0 Å². The smallest absolute Gasteiger partial charge is 0.315 e. The van der Waals surface area contributed by atoms with Crippen LogP contribution in [0, 0.1) is 5.41 Å². The standard InChI is InChI=1S/C18H24O3/c1-3-11-18(20)13-8-12-17(18,16(19)21-4-2)14-15-9-6-5-7-10-15/h3,5-7,9-10,20H,1,4,8,11-14H2,2H3/t17-,18-/m1/s1. The highest BCUT2D eigenvalue weighted by Gasteiger charge is 2.58. The number of rotatable bonds is 6. The minimum absolute atomic E-state index is 0.282. The van der Waals surface area contributed by atoms with E-state index < -0.39 is 11.0 Å². The molecule has 0 amide bonds. The number of esters is 1. The molecule has 114 valence electrons. The van der Waals surface area contributed by atoms with Crippen molar-refractivity contribution in [3.05, 3.63) is 48.6 Å². The van der Waals surface area contributed by atoms with Crippen LogP contribution in [0.15, 0.2) is 43.0 Å². The summed E-state index contributed by atoms with van der Waals surface area (Å²) in [5.41, 5.74) is -0.870. The molecule has 0 unspecified atom stereocenters. The van der Waals surface area contributed by atoms with Crippen molar-refractivity contribution in [2.75, 3.05) is 6.61 Å². The molecule has 1 aromatic carbocycles. The molecule has 3 nitrogen and oxygen atoms in total. The third kappa shape index (κ3) is 2.88. The van der Waals surface area contributed by atoms with Gasteiger partial charge in [0.2, 0.25) is 0 Å². The van der Waals surface area contributed by atoms with Crippen molar-refractivity contribution < 1.29 is 14.6 Å². The van der Waals surface area contributed by atoms with Crippen molar-refractivity contribution in [3.63, 3.8) is 0 Å². The molecule has 0 saturated heterocycles. The number of carbonyl (C=O) groups is 1. The SMILES string of the molecule is C=CC[C@@]1(O)CCC[C@@]1(Cc1ccccc1)C(=O)OCC. The summed E-state index contributed by atoms with van der Waals surface area (Å²) >= 11 is 0. The van der Waals surface area contributed by atoms with Gasteiger partial charge in [-0.15, -0.1) is 6.58 Å². The lowest BCUT2D eigenvalue weighted by molar-refractivity contribution is -0.171. The van der Waals surface area contributed by atoms with Gasteiger partial charge in [0.05, 0.1) is 12.2 Å². The van der Waals surface area contributed by atoms with E-state index in [1.165, 1.54) is 0 Å². The Hall–Kier alpha value is -1.61. The highest BCUT2D eigenvalue weighted by Crippen LogP contribution is 2.51. The Kier molecular flexibility index (Phi) is 4.84. The summed E-state index contributed by atoms with van der Waals surface area (Å²) in [7, 11) is 0. The van der Waals surface area contributed by atoms with Gasteiger partial charge in [-0.1, -0.05) is 36.4 Å². The molecule has 0 aliphatic heterocycles. The molecule has 1 aliphatic carbocycles. The van der Waals surface area contributed by atoms with Crippen LogP contribution in [0.2, 0.25) is 0 Å². The van der Waals surface area contributed by atoms with Gasteiger partial charge >= 0.3 is 5.97 Å². The lowest BCUT2D eigenvalue weighted by Crippen LogP contribution is -2.51. The molecule has 1 fully saturated rings. The van der Waals surface area contributed by atoms with Gasteiger partial charge in [0.15, 0.2) is 0 Å². The van der Waals surface area contributed by atoms with E-state index in [4.69, 9.17) is 4.74 Å². The van der Waals surface area contributed by atoms with Crippen LogP contribution < -0.4 is 0 Å². The van der Waals surface area contributed by atoms with Gasteiger partial charge in [0.25, 0.3) is 0 Å². The van der Waals surface area contributed by atoms with Gasteiger partial charge in [0.1, 0.15) is 5.41 Å². The van der Waals surface area contributed by atoms with Crippen molar-refractivity contribution in [2.45, 2.75) is 44.6 Å². The first-order valence-corrected chi connectivity index (χ1v) is 7.62. The summed E-state index contributed by atoms with van der Waals surface area (Å²) in [5, 5.41) is 11.1. The predicted molar refractivity (Wildman–Crippen MR) is 82.8 cm³/mol. The molecule has 0 heterocycles. The van der Waals surface area contributed by atoms with E-state index in [9.17, 15) is 9.90 Å². The maximum absolute atomic E-state index is 12.6.